The van der Waals surface area contributed by atoms with Crippen molar-refractivity contribution in [2.75, 3.05) is 26.8 Å². The minimum atomic E-state index is -3.88. The van der Waals surface area contributed by atoms with Gasteiger partial charge in [0.25, 0.3) is 5.91 Å². The molecule has 10 nitrogen and oxygen atoms in total. The van der Waals surface area contributed by atoms with E-state index in [0.717, 1.165) is 11.6 Å². The molecule has 0 bridgehead atoms. The highest BCUT2D eigenvalue weighted by atomic mass is 32.2. The minimum Gasteiger partial charge on any atom is -0.497 e. The Labute approximate surface area is 200 Å². The molecule has 0 radical (unpaired) electrons. The Hall–Kier alpha value is -3.18. The Bertz CT molecular complexity index is 1100. The smallest absolute Gasteiger partial charge is 0.312 e. The van der Waals surface area contributed by atoms with Gasteiger partial charge in [0.15, 0.2) is 12.4 Å². The SMILES string of the molecule is CCN(CC)S(=O)(=O)c1ccc(OCC(=O)NC(c2ccc(OC)cc2)C(C)C)c([N+](=O)[O-])c1. The molecule has 11 heteroatoms. The Morgan fingerprint density at radius 3 is 2.24 bits per heavy atom. The van der Waals surface area contributed by atoms with Crippen molar-refractivity contribution in [3.05, 3.63) is 58.1 Å². The molecule has 0 heterocycles. The second-order valence-electron chi connectivity index (χ2n) is 7.83. The molecule has 1 amide bonds. The van der Waals surface area contributed by atoms with Gasteiger partial charge >= 0.3 is 5.69 Å². The van der Waals surface area contributed by atoms with Crippen LogP contribution in [0.4, 0.5) is 5.69 Å². The molecule has 1 atom stereocenters. The second kappa shape index (κ2) is 11.8. The molecule has 0 saturated carbocycles. The maximum Gasteiger partial charge on any atom is 0.312 e. The predicted molar refractivity (Wildman–Crippen MR) is 127 cm³/mol. The summed E-state index contributed by atoms with van der Waals surface area (Å²) in [6.07, 6.45) is 0. The van der Waals surface area contributed by atoms with Crippen LogP contribution in [0, 0.1) is 16.0 Å². The zero-order valence-electron chi connectivity index (χ0n) is 20.0. The number of nitro benzene ring substituents is 1. The van der Waals surface area contributed by atoms with Crippen LogP contribution in [0.15, 0.2) is 47.4 Å². The average molecular weight is 494 g/mol. The van der Waals surface area contributed by atoms with Gasteiger partial charge in [0.2, 0.25) is 10.0 Å². The number of hydrogen-bond donors (Lipinski definition) is 1. The van der Waals surface area contributed by atoms with Gasteiger partial charge in [0.05, 0.1) is 23.0 Å². The molecule has 186 valence electrons. The lowest BCUT2D eigenvalue weighted by atomic mass is 9.96. The maximum atomic E-state index is 12.7. The molecular weight excluding hydrogens is 462 g/mol. The van der Waals surface area contributed by atoms with E-state index in [2.05, 4.69) is 5.32 Å². The molecule has 0 spiro atoms. The third-order valence-electron chi connectivity index (χ3n) is 5.29. The highest BCUT2D eigenvalue weighted by Gasteiger charge is 2.27. The fourth-order valence-corrected chi connectivity index (χ4v) is 4.92. The number of nitrogens with zero attached hydrogens (tertiary/aromatic N) is 2. The maximum absolute atomic E-state index is 12.7. The van der Waals surface area contributed by atoms with E-state index in [-0.39, 0.29) is 35.7 Å². The Morgan fingerprint density at radius 1 is 1.12 bits per heavy atom. The molecular formula is C23H31N3O7S. The van der Waals surface area contributed by atoms with Gasteiger partial charge in [-0.05, 0) is 35.7 Å². The number of ether oxygens (including phenoxy) is 2. The van der Waals surface area contributed by atoms with Gasteiger partial charge in [-0.2, -0.15) is 4.31 Å². The highest BCUT2D eigenvalue weighted by molar-refractivity contribution is 7.89. The highest BCUT2D eigenvalue weighted by Crippen LogP contribution is 2.31. The number of nitro groups is 1. The number of methoxy groups -OCH3 is 1. The number of nitrogens with one attached hydrogen (secondary N) is 1. The Balaban J connectivity index is 2.18. The topological polar surface area (TPSA) is 128 Å². The first-order valence-corrected chi connectivity index (χ1v) is 12.3. The third kappa shape index (κ3) is 6.45. The summed E-state index contributed by atoms with van der Waals surface area (Å²) >= 11 is 0. The quantitative estimate of drug-likeness (QED) is 0.354. The fraction of sp³-hybridized carbons (Fsp3) is 0.435. The van der Waals surface area contributed by atoms with Crippen molar-refractivity contribution in [3.63, 3.8) is 0 Å². The molecule has 34 heavy (non-hydrogen) atoms. The summed E-state index contributed by atoms with van der Waals surface area (Å²) in [5.74, 6) is 0.101. The number of amides is 1. The molecule has 2 aromatic carbocycles. The number of rotatable bonds is 12. The van der Waals surface area contributed by atoms with Crippen LogP contribution in [-0.2, 0) is 14.8 Å². The molecule has 1 N–H and O–H groups in total. The van der Waals surface area contributed by atoms with Crippen LogP contribution in [0.5, 0.6) is 11.5 Å². The van der Waals surface area contributed by atoms with Gasteiger partial charge in [0, 0.05) is 19.2 Å². The molecule has 0 aliphatic heterocycles. The molecule has 0 fully saturated rings. The third-order valence-corrected chi connectivity index (χ3v) is 7.33. The first-order valence-electron chi connectivity index (χ1n) is 10.9. The van der Waals surface area contributed by atoms with Gasteiger partial charge in [0.1, 0.15) is 5.75 Å². The van der Waals surface area contributed by atoms with Crippen molar-refractivity contribution in [2.45, 2.75) is 38.6 Å². The van der Waals surface area contributed by atoms with E-state index in [1.54, 1.807) is 33.1 Å². The normalized spacial score (nSPS) is 12.4. The van der Waals surface area contributed by atoms with Crippen LogP contribution < -0.4 is 14.8 Å². The van der Waals surface area contributed by atoms with Gasteiger partial charge in [-0.25, -0.2) is 8.42 Å². The van der Waals surface area contributed by atoms with Crippen LogP contribution in [0.1, 0.15) is 39.3 Å². The standard InChI is InChI=1S/C23H31N3O7S/c1-6-25(7-2)34(30,31)19-12-13-21(20(14-19)26(28)29)33-15-22(27)24-23(16(3)4)17-8-10-18(32-5)11-9-17/h8-14,16,23H,6-7,15H2,1-5H3,(H,24,27). The first kappa shape index (κ1) is 27.1. The number of sulfonamides is 1. The summed E-state index contributed by atoms with van der Waals surface area (Å²) in [5.41, 5.74) is 0.345. The van der Waals surface area contributed by atoms with Crippen LogP contribution in [0.3, 0.4) is 0 Å². The van der Waals surface area contributed by atoms with E-state index in [9.17, 15) is 23.3 Å². The van der Waals surface area contributed by atoms with E-state index < -0.39 is 33.1 Å². The van der Waals surface area contributed by atoms with Crippen molar-refractivity contribution in [1.82, 2.24) is 9.62 Å². The Morgan fingerprint density at radius 2 is 1.74 bits per heavy atom. The number of carbonyl (C=O) groups is 1. The fourth-order valence-electron chi connectivity index (χ4n) is 3.44. The molecule has 1 unspecified atom stereocenters. The predicted octanol–water partition coefficient (Wildman–Crippen LogP) is 3.53. The number of hydrogen-bond acceptors (Lipinski definition) is 7. The Kier molecular flexibility index (Phi) is 9.39. The lowest BCUT2D eigenvalue weighted by molar-refractivity contribution is -0.386. The van der Waals surface area contributed by atoms with E-state index in [4.69, 9.17) is 9.47 Å². The molecule has 2 aromatic rings. The van der Waals surface area contributed by atoms with Crippen molar-refractivity contribution in [1.29, 1.82) is 0 Å². The first-order chi connectivity index (χ1) is 16.0. The minimum absolute atomic E-state index is 0.0660. The van der Waals surface area contributed by atoms with Crippen LogP contribution >= 0.6 is 0 Å². The van der Waals surface area contributed by atoms with Crippen LogP contribution in [-0.4, -0.2) is 50.4 Å². The van der Waals surface area contributed by atoms with E-state index in [1.807, 2.05) is 26.0 Å². The molecule has 0 aliphatic carbocycles. The molecule has 0 aliphatic rings. The summed E-state index contributed by atoms with van der Waals surface area (Å²) in [5, 5.41) is 14.4. The van der Waals surface area contributed by atoms with Crippen molar-refractivity contribution < 1.29 is 27.6 Å². The molecule has 0 saturated heterocycles. The zero-order chi connectivity index (χ0) is 25.5. The van der Waals surface area contributed by atoms with E-state index >= 15 is 0 Å². The van der Waals surface area contributed by atoms with Gasteiger partial charge in [-0.15, -0.1) is 0 Å². The average Bonchev–Trinajstić information content (AvgIpc) is 2.81. The molecule has 0 aromatic heterocycles. The van der Waals surface area contributed by atoms with Gasteiger partial charge < -0.3 is 14.8 Å². The molecule has 2 rings (SSSR count). The van der Waals surface area contributed by atoms with Gasteiger partial charge in [-0.3, -0.25) is 14.9 Å². The lowest BCUT2D eigenvalue weighted by Gasteiger charge is -2.23. The van der Waals surface area contributed by atoms with Crippen LogP contribution in [0.25, 0.3) is 0 Å². The summed E-state index contributed by atoms with van der Waals surface area (Å²) in [4.78, 5) is 23.2. The summed E-state index contributed by atoms with van der Waals surface area (Å²) in [6.45, 7) is 7.27. The number of benzene rings is 2. The summed E-state index contributed by atoms with van der Waals surface area (Å²) in [6, 6.07) is 10.4. The summed E-state index contributed by atoms with van der Waals surface area (Å²) in [7, 11) is -2.31. The lowest BCUT2D eigenvalue weighted by Crippen LogP contribution is -2.35. The number of carbonyl (C=O) groups excluding carboxylic acids is 1. The summed E-state index contributed by atoms with van der Waals surface area (Å²) < 4.78 is 37.2. The zero-order valence-corrected chi connectivity index (χ0v) is 20.8. The van der Waals surface area contributed by atoms with Gasteiger partial charge in [-0.1, -0.05) is 39.8 Å². The van der Waals surface area contributed by atoms with E-state index in [1.165, 1.54) is 16.4 Å². The van der Waals surface area contributed by atoms with Crippen molar-refractivity contribution >= 4 is 21.6 Å². The van der Waals surface area contributed by atoms with E-state index in [0.29, 0.717) is 5.75 Å². The largest absolute Gasteiger partial charge is 0.497 e. The van der Waals surface area contributed by atoms with Crippen LogP contribution in [0.2, 0.25) is 0 Å². The van der Waals surface area contributed by atoms with Crippen molar-refractivity contribution in [3.8, 4) is 11.5 Å². The second-order valence-corrected chi connectivity index (χ2v) is 9.76. The monoisotopic (exact) mass is 493 g/mol. The van der Waals surface area contributed by atoms with Crippen molar-refractivity contribution in [2.24, 2.45) is 5.92 Å².